The van der Waals surface area contributed by atoms with E-state index in [1.54, 1.807) is 18.1 Å². The number of aromatic nitrogens is 4. The van der Waals surface area contributed by atoms with E-state index < -0.39 is 0 Å². The van der Waals surface area contributed by atoms with Crippen LogP contribution in [0.5, 0.6) is 0 Å². The first-order valence-corrected chi connectivity index (χ1v) is 9.53. The number of nitrogens with zero attached hydrogens (tertiary/aromatic N) is 5. The van der Waals surface area contributed by atoms with E-state index in [1.165, 1.54) is 6.20 Å². The number of nitrogens with one attached hydrogen (secondary N) is 1. The molecule has 1 aliphatic rings. The number of carbonyl (C=O) groups is 2. The zero-order chi connectivity index (χ0) is 20.4. The minimum atomic E-state index is -0.222. The lowest BCUT2D eigenvalue weighted by Crippen LogP contribution is -2.34. The molecular weight excluding hydrogens is 368 g/mol. The Bertz CT molecular complexity index is 1040. The van der Waals surface area contributed by atoms with Crippen LogP contribution < -0.4 is 5.32 Å². The van der Waals surface area contributed by atoms with Crippen molar-refractivity contribution in [3.8, 4) is 11.4 Å². The molecule has 1 aliphatic heterocycles. The van der Waals surface area contributed by atoms with Crippen LogP contribution in [0.15, 0.2) is 42.7 Å². The minimum absolute atomic E-state index is 0.154. The van der Waals surface area contributed by atoms with E-state index in [1.807, 2.05) is 41.8 Å². The molecule has 0 aliphatic carbocycles. The number of fused-ring (bicyclic) bond motifs is 1. The maximum Gasteiger partial charge on any atom is 0.274 e. The fourth-order valence-corrected chi connectivity index (χ4v) is 3.53. The first-order chi connectivity index (χ1) is 14.1. The SMILES string of the molecule is CNC(=O)c1nc(-c2ccccc2)n2c1CCN(C(=O)c1cnc(C)cn1)CC2. The molecule has 0 saturated carbocycles. The fraction of sp³-hybridized carbons (Fsp3) is 0.286. The Morgan fingerprint density at radius 2 is 1.83 bits per heavy atom. The minimum Gasteiger partial charge on any atom is -0.354 e. The van der Waals surface area contributed by atoms with Gasteiger partial charge in [-0.2, -0.15) is 0 Å². The summed E-state index contributed by atoms with van der Waals surface area (Å²) in [7, 11) is 1.60. The Hall–Kier alpha value is -3.55. The second kappa shape index (κ2) is 7.83. The molecule has 0 saturated heterocycles. The van der Waals surface area contributed by atoms with Crippen LogP contribution in [0.2, 0.25) is 0 Å². The molecule has 148 valence electrons. The van der Waals surface area contributed by atoms with Gasteiger partial charge in [-0.05, 0) is 6.92 Å². The van der Waals surface area contributed by atoms with Gasteiger partial charge in [0.1, 0.15) is 17.2 Å². The summed E-state index contributed by atoms with van der Waals surface area (Å²) in [5.41, 5.74) is 3.29. The van der Waals surface area contributed by atoms with E-state index in [9.17, 15) is 9.59 Å². The predicted octanol–water partition coefficient (Wildman–Crippen LogP) is 1.71. The summed E-state index contributed by atoms with van der Waals surface area (Å²) in [6, 6.07) is 9.77. The first-order valence-electron chi connectivity index (χ1n) is 9.53. The molecule has 8 nitrogen and oxygen atoms in total. The number of benzene rings is 1. The summed E-state index contributed by atoms with van der Waals surface area (Å²) in [6.45, 7) is 3.37. The van der Waals surface area contributed by atoms with Crippen LogP contribution in [-0.2, 0) is 13.0 Å². The summed E-state index contributed by atoms with van der Waals surface area (Å²) in [5, 5.41) is 2.67. The van der Waals surface area contributed by atoms with E-state index in [2.05, 4.69) is 20.3 Å². The number of hydrogen-bond acceptors (Lipinski definition) is 5. The molecule has 0 radical (unpaired) electrons. The zero-order valence-corrected chi connectivity index (χ0v) is 16.4. The first kappa shape index (κ1) is 18.8. The van der Waals surface area contributed by atoms with Crippen molar-refractivity contribution in [2.24, 2.45) is 0 Å². The third kappa shape index (κ3) is 3.61. The largest absolute Gasteiger partial charge is 0.354 e. The van der Waals surface area contributed by atoms with E-state index in [0.717, 1.165) is 22.8 Å². The highest BCUT2D eigenvalue weighted by molar-refractivity contribution is 5.94. The van der Waals surface area contributed by atoms with E-state index in [0.29, 0.717) is 37.4 Å². The molecule has 0 bridgehead atoms. The van der Waals surface area contributed by atoms with Gasteiger partial charge in [0.05, 0.1) is 17.6 Å². The second-order valence-corrected chi connectivity index (χ2v) is 6.91. The average molecular weight is 390 g/mol. The molecular formula is C21H22N6O2. The van der Waals surface area contributed by atoms with Crippen LogP contribution in [-0.4, -0.2) is 56.4 Å². The molecule has 2 aromatic heterocycles. The molecule has 0 atom stereocenters. The van der Waals surface area contributed by atoms with Crippen LogP contribution >= 0.6 is 0 Å². The van der Waals surface area contributed by atoms with Gasteiger partial charge in [0.25, 0.3) is 11.8 Å². The topological polar surface area (TPSA) is 93.0 Å². The van der Waals surface area contributed by atoms with Crippen LogP contribution in [0.4, 0.5) is 0 Å². The lowest BCUT2D eigenvalue weighted by molar-refractivity contribution is 0.0752. The van der Waals surface area contributed by atoms with Gasteiger partial charge in [-0.15, -0.1) is 0 Å². The molecule has 8 heteroatoms. The van der Waals surface area contributed by atoms with Gasteiger partial charge in [-0.25, -0.2) is 9.97 Å². The molecule has 29 heavy (non-hydrogen) atoms. The van der Waals surface area contributed by atoms with Crippen molar-refractivity contribution in [1.29, 1.82) is 0 Å². The maximum atomic E-state index is 12.9. The predicted molar refractivity (Wildman–Crippen MR) is 107 cm³/mol. The quantitative estimate of drug-likeness (QED) is 0.735. The Balaban J connectivity index is 1.67. The number of rotatable bonds is 3. The van der Waals surface area contributed by atoms with Crippen molar-refractivity contribution in [3.05, 3.63) is 65.5 Å². The van der Waals surface area contributed by atoms with Crippen LogP contribution in [0, 0.1) is 6.92 Å². The number of hydrogen-bond donors (Lipinski definition) is 1. The molecule has 0 fully saturated rings. The summed E-state index contributed by atoms with van der Waals surface area (Å²) in [4.78, 5) is 40.1. The number of amides is 2. The van der Waals surface area contributed by atoms with Crippen molar-refractivity contribution in [2.45, 2.75) is 19.9 Å². The van der Waals surface area contributed by atoms with Gasteiger partial charge >= 0.3 is 0 Å². The summed E-state index contributed by atoms with van der Waals surface area (Å²) in [5.74, 6) is 0.364. The van der Waals surface area contributed by atoms with Gasteiger partial charge in [0.2, 0.25) is 0 Å². The standard InChI is InChI=1S/C21H22N6O2/c1-14-12-24-16(13-23-14)21(29)26-9-8-17-18(20(28)22-2)25-19(27(17)11-10-26)15-6-4-3-5-7-15/h3-7,12-13H,8-11H2,1-2H3,(H,22,28). The average Bonchev–Trinajstić information content (AvgIpc) is 2.98. The molecule has 3 aromatic rings. The van der Waals surface area contributed by atoms with Gasteiger partial charge in [0.15, 0.2) is 0 Å². The van der Waals surface area contributed by atoms with Crippen molar-refractivity contribution < 1.29 is 9.59 Å². The van der Waals surface area contributed by atoms with Crippen LogP contribution in [0.3, 0.4) is 0 Å². The highest BCUT2D eigenvalue weighted by Crippen LogP contribution is 2.25. The smallest absolute Gasteiger partial charge is 0.274 e. The molecule has 4 rings (SSSR count). The molecule has 3 heterocycles. The fourth-order valence-electron chi connectivity index (χ4n) is 3.53. The lowest BCUT2D eigenvalue weighted by Gasteiger charge is -2.19. The Kier molecular flexibility index (Phi) is 5.07. The third-order valence-electron chi connectivity index (χ3n) is 5.05. The maximum absolute atomic E-state index is 12.9. The van der Waals surface area contributed by atoms with Crippen LogP contribution in [0.25, 0.3) is 11.4 Å². The number of imidazole rings is 1. The molecule has 0 spiro atoms. The van der Waals surface area contributed by atoms with Gasteiger partial charge in [-0.3, -0.25) is 14.6 Å². The van der Waals surface area contributed by atoms with Gasteiger partial charge < -0.3 is 14.8 Å². The Morgan fingerprint density at radius 1 is 1.03 bits per heavy atom. The summed E-state index contributed by atoms with van der Waals surface area (Å²) < 4.78 is 2.05. The highest BCUT2D eigenvalue weighted by Gasteiger charge is 2.27. The summed E-state index contributed by atoms with van der Waals surface area (Å²) >= 11 is 0. The molecule has 2 amide bonds. The zero-order valence-electron chi connectivity index (χ0n) is 16.4. The molecule has 1 N–H and O–H groups in total. The van der Waals surface area contributed by atoms with Crippen molar-refractivity contribution in [1.82, 2.24) is 29.7 Å². The Morgan fingerprint density at radius 3 is 2.52 bits per heavy atom. The van der Waals surface area contributed by atoms with Crippen molar-refractivity contribution in [3.63, 3.8) is 0 Å². The van der Waals surface area contributed by atoms with E-state index in [-0.39, 0.29) is 11.8 Å². The summed E-state index contributed by atoms with van der Waals surface area (Å²) in [6.07, 6.45) is 3.64. The number of carbonyl (C=O) groups excluding carboxylic acids is 2. The number of aryl methyl sites for hydroxylation is 1. The van der Waals surface area contributed by atoms with E-state index in [4.69, 9.17) is 0 Å². The van der Waals surface area contributed by atoms with Crippen LogP contribution in [0.1, 0.15) is 32.4 Å². The van der Waals surface area contributed by atoms with Crippen molar-refractivity contribution in [2.75, 3.05) is 20.1 Å². The van der Waals surface area contributed by atoms with Gasteiger partial charge in [0, 0.05) is 44.9 Å². The molecule has 0 unspecified atom stereocenters. The normalized spacial score (nSPS) is 13.5. The highest BCUT2D eigenvalue weighted by atomic mass is 16.2. The van der Waals surface area contributed by atoms with E-state index >= 15 is 0 Å². The molecule has 1 aromatic carbocycles. The monoisotopic (exact) mass is 390 g/mol. The van der Waals surface area contributed by atoms with Crippen molar-refractivity contribution >= 4 is 11.8 Å². The van der Waals surface area contributed by atoms with Gasteiger partial charge in [-0.1, -0.05) is 30.3 Å². The second-order valence-electron chi connectivity index (χ2n) is 6.91. The third-order valence-corrected chi connectivity index (χ3v) is 5.05. The lowest BCUT2D eigenvalue weighted by atomic mass is 10.2. The Labute approximate surface area is 168 Å².